The van der Waals surface area contributed by atoms with Crippen molar-refractivity contribution < 1.29 is 4.79 Å². The van der Waals surface area contributed by atoms with Crippen LogP contribution in [0.5, 0.6) is 0 Å². The van der Waals surface area contributed by atoms with Crippen molar-refractivity contribution in [1.29, 1.82) is 0 Å². The molecule has 2 aromatic carbocycles. The number of hydrogen-bond acceptors (Lipinski definition) is 5. The topological polar surface area (TPSA) is 77.0 Å². The number of para-hydroxylation sites is 1. The van der Waals surface area contributed by atoms with Gasteiger partial charge in [-0.25, -0.2) is 9.97 Å². The third-order valence-electron chi connectivity index (χ3n) is 6.41. The number of nitrogens with zero attached hydrogens (tertiary/aromatic N) is 4. The number of fused-ring (bicyclic) bond motifs is 3. The second-order valence-corrected chi connectivity index (χ2v) is 9.13. The van der Waals surface area contributed by atoms with Crippen LogP contribution in [-0.4, -0.2) is 39.3 Å². The Balaban J connectivity index is 1.44. The molecule has 0 aliphatic heterocycles. The molecule has 2 aromatic heterocycles. The van der Waals surface area contributed by atoms with Gasteiger partial charge < -0.3 is 20.0 Å². The Morgan fingerprint density at radius 1 is 1.00 bits per heavy atom. The van der Waals surface area contributed by atoms with E-state index in [2.05, 4.69) is 52.7 Å². The smallest absolute Gasteiger partial charge is 0.152 e. The lowest BCUT2D eigenvalue weighted by Crippen LogP contribution is -2.19. The molecule has 2 heterocycles. The quantitative estimate of drug-likeness (QED) is 0.235. The Morgan fingerprint density at radius 3 is 2.53 bits per heavy atom. The van der Waals surface area contributed by atoms with Crippen molar-refractivity contribution in [2.75, 3.05) is 19.3 Å². The van der Waals surface area contributed by atoms with Gasteiger partial charge in [0, 0.05) is 31.3 Å². The number of aromatic nitrogens is 3. The number of aldehydes is 1. The highest BCUT2D eigenvalue weighted by Gasteiger charge is 2.16. The van der Waals surface area contributed by atoms with Gasteiger partial charge in [-0.1, -0.05) is 55.8 Å². The summed E-state index contributed by atoms with van der Waals surface area (Å²) in [6.45, 7) is 5.07. The molecule has 0 fully saturated rings. The fourth-order valence-corrected chi connectivity index (χ4v) is 4.59. The molecule has 2 N–H and O–H groups in total. The first-order chi connectivity index (χ1) is 16.6. The molecule has 4 rings (SSSR count). The molecule has 6 heteroatoms. The predicted octanol–water partition coefficient (Wildman–Crippen LogP) is 5.16. The standard InChI is InChI=1S/C28H35N5O/c1-3-4-11-25-31-26-27(23-9-5-6-10-24(23)30-28(26)29)33(25)18-8-7-17-32(2)20-22-14-12-21(13-15-22)16-19-34/h5-6,9-10,12-15,19H,3-4,7-8,11,16-18,20H2,1-2H3,(H2,29,30). The normalized spacial score (nSPS) is 11.6. The number of nitrogens with two attached hydrogens (primary N) is 1. The van der Waals surface area contributed by atoms with E-state index in [1.165, 1.54) is 5.56 Å². The van der Waals surface area contributed by atoms with Gasteiger partial charge in [0.25, 0.3) is 0 Å². The highest BCUT2D eigenvalue weighted by atomic mass is 16.1. The van der Waals surface area contributed by atoms with Gasteiger partial charge in [0.2, 0.25) is 0 Å². The average Bonchev–Trinajstić information content (AvgIpc) is 3.21. The molecule has 34 heavy (non-hydrogen) atoms. The number of carbonyl (C=O) groups is 1. The van der Waals surface area contributed by atoms with Gasteiger partial charge in [0.15, 0.2) is 5.82 Å². The molecule has 0 radical (unpaired) electrons. The second-order valence-electron chi connectivity index (χ2n) is 9.13. The molecule has 4 aromatic rings. The summed E-state index contributed by atoms with van der Waals surface area (Å²) in [5, 5.41) is 1.12. The molecule has 6 nitrogen and oxygen atoms in total. The molecule has 0 spiro atoms. The van der Waals surface area contributed by atoms with E-state index in [0.29, 0.717) is 12.2 Å². The number of hydrogen-bond donors (Lipinski definition) is 1. The summed E-state index contributed by atoms with van der Waals surface area (Å²) < 4.78 is 2.39. The van der Waals surface area contributed by atoms with E-state index in [0.717, 1.165) is 91.3 Å². The zero-order valence-corrected chi connectivity index (χ0v) is 20.3. The summed E-state index contributed by atoms with van der Waals surface area (Å²) in [6.07, 6.45) is 6.82. The maximum Gasteiger partial charge on any atom is 0.152 e. The van der Waals surface area contributed by atoms with Gasteiger partial charge in [-0.2, -0.15) is 0 Å². The zero-order valence-electron chi connectivity index (χ0n) is 20.3. The molecule has 0 saturated heterocycles. The SMILES string of the molecule is CCCCc1nc2c(N)nc3ccccc3c2n1CCCCN(C)Cc1ccc(CC=O)cc1. The average molecular weight is 458 g/mol. The highest BCUT2D eigenvalue weighted by Crippen LogP contribution is 2.29. The van der Waals surface area contributed by atoms with Crippen LogP contribution in [0.25, 0.3) is 21.9 Å². The molecular weight excluding hydrogens is 422 g/mol. The van der Waals surface area contributed by atoms with Crippen molar-refractivity contribution in [3.8, 4) is 0 Å². The molecule has 0 saturated carbocycles. The highest BCUT2D eigenvalue weighted by molar-refractivity contribution is 6.06. The van der Waals surface area contributed by atoms with Crippen LogP contribution in [0.1, 0.15) is 49.6 Å². The number of rotatable bonds is 12. The van der Waals surface area contributed by atoms with Crippen LogP contribution in [0.3, 0.4) is 0 Å². The minimum Gasteiger partial charge on any atom is -0.382 e. The van der Waals surface area contributed by atoms with E-state index in [-0.39, 0.29) is 0 Å². The van der Waals surface area contributed by atoms with Gasteiger partial charge in [-0.05, 0) is 50.0 Å². The zero-order chi connectivity index (χ0) is 23.9. The van der Waals surface area contributed by atoms with Gasteiger partial charge in [-0.15, -0.1) is 0 Å². The van der Waals surface area contributed by atoms with Crippen LogP contribution in [0.2, 0.25) is 0 Å². The Bertz CT molecular complexity index is 1250. The van der Waals surface area contributed by atoms with E-state index in [4.69, 9.17) is 10.7 Å². The third kappa shape index (κ3) is 5.45. The van der Waals surface area contributed by atoms with Crippen LogP contribution < -0.4 is 5.73 Å². The second kappa shape index (κ2) is 11.3. The van der Waals surface area contributed by atoms with Crippen molar-refractivity contribution >= 4 is 34.0 Å². The molecule has 178 valence electrons. The minimum atomic E-state index is 0.482. The van der Waals surface area contributed by atoms with Crippen molar-refractivity contribution in [2.24, 2.45) is 0 Å². The summed E-state index contributed by atoms with van der Waals surface area (Å²) in [4.78, 5) is 22.6. The van der Waals surface area contributed by atoms with Crippen LogP contribution in [0, 0.1) is 0 Å². The Morgan fingerprint density at radius 2 is 1.76 bits per heavy atom. The van der Waals surface area contributed by atoms with E-state index >= 15 is 0 Å². The number of aryl methyl sites for hydroxylation is 2. The van der Waals surface area contributed by atoms with Crippen molar-refractivity contribution in [1.82, 2.24) is 19.4 Å². The number of benzene rings is 2. The van der Waals surface area contributed by atoms with Gasteiger partial charge in [0.05, 0.1) is 11.0 Å². The number of anilines is 1. The van der Waals surface area contributed by atoms with E-state index in [1.54, 1.807) is 0 Å². The number of carbonyl (C=O) groups excluding carboxylic acids is 1. The Kier molecular flexibility index (Phi) is 7.91. The monoisotopic (exact) mass is 457 g/mol. The van der Waals surface area contributed by atoms with Gasteiger partial charge in [0.1, 0.15) is 17.6 Å². The fourth-order valence-electron chi connectivity index (χ4n) is 4.59. The molecule has 0 amide bonds. The summed E-state index contributed by atoms with van der Waals surface area (Å²) in [7, 11) is 2.17. The maximum absolute atomic E-state index is 10.7. The molecular formula is C28H35N5O. The first kappa shape index (κ1) is 23.9. The van der Waals surface area contributed by atoms with E-state index in [9.17, 15) is 4.79 Å². The van der Waals surface area contributed by atoms with Gasteiger partial charge in [-0.3, -0.25) is 0 Å². The fraction of sp³-hybridized carbons (Fsp3) is 0.393. The first-order valence-electron chi connectivity index (χ1n) is 12.3. The third-order valence-corrected chi connectivity index (χ3v) is 6.41. The van der Waals surface area contributed by atoms with E-state index < -0.39 is 0 Å². The van der Waals surface area contributed by atoms with Crippen molar-refractivity contribution in [3.63, 3.8) is 0 Å². The van der Waals surface area contributed by atoms with Crippen molar-refractivity contribution in [2.45, 2.75) is 58.5 Å². The molecule has 0 aliphatic carbocycles. The molecule has 0 atom stereocenters. The largest absolute Gasteiger partial charge is 0.382 e. The number of pyridine rings is 1. The van der Waals surface area contributed by atoms with Crippen LogP contribution in [-0.2, 0) is 30.7 Å². The van der Waals surface area contributed by atoms with Crippen LogP contribution in [0.15, 0.2) is 48.5 Å². The Labute approximate surface area is 201 Å². The van der Waals surface area contributed by atoms with Crippen LogP contribution >= 0.6 is 0 Å². The van der Waals surface area contributed by atoms with Crippen molar-refractivity contribution in [3.05, 3.63) is 65.5 Å². The number of unbranched alkanes of at least 4 members (excludes halogenated alkanes) is 2. The molecule has 0 bridgehead atoms. The number of imidazole rings is 1. The number of nitrogen functional groups attached to an aromatic ring is 1. The lowest BCUT2D eigenvalue weighted by atomic mass is 10.1. The van der Waals surface area contributed by atoms with Gasteiger partial charge >= 0.3 is 0 Å². The summed E-state index contributed by atoms with van der Waals surface area (Å²) in [5.74, 6) is 1.63. The molecule has 0 unspecified atom stereocenters. The maximum atomic E-state index is 10.7. The van der Waals surface area contributed by atoms with Crippen LogP contribution in [0.4, 0.5) is 5.82 Å². The first-order valence-corrected chi connectivity index (χ1v) is 12.3. The summed E-state index contributed by atoms with van der Waals surface area (Å²) in [6, 6.07) is 16.5. The lowest BCUT2D eigenvalue weighted by molar-refractivity contribution is -0.107. The summed E-state index contributed by atoms with van der Waals surface area (Å²) in [5.41, 5.74) is 11.5. The lowest BCUT2D eigenvalue weighted by Gasteiger charge is -2.17. The Hall–Kier alpha value is -3.25. The van der Waals surface area contributed by atoms with E-state index in [1.807, 2.05) is 24.3 Å². The minimum absolute atomic E-state index is 0.482. The molecule has 0 aliphatic rings. The predicted molar refractivity (Wildman–Crippen MR) is 140 cm³/mol. The summed E-state index contributed by atoms with van der Waals surface area (Å²) >= 11 is 0.